The van der Waals surface area contributed by atoms with Crippen LogP contribution in [0.4, 0.5) is 0 Å². The zero-order valence-electron chi connectivity index (χ0n) is 9.06. The Morgan fingerprint density at radius 3 is 3.12 bits per heavy atom. The molecule has 1 N–H and O–H groups in total. The molecule has 0 aliphatic heterocycles. The third-order valence-electron chi connectivity index (χ3n) is 2.18. The lowest BCUT2D eigenvalue weighted by atomic mass is 10.3. The van der Waals surface area contributed by atoms with E-state index >= 15 is 0 Å². The van der Waals surface area contributed by atoms with Crippen molar-refractivity contribution in [2.24, 2.45) is 0 Å². The van der Waals surface area contributed by atoms with Gasteiger partial charge in [0.25, 0.3) is 0 Å². The Kier molecular flexibility index (Phi) is 3.56. The standard InChI is InChI=1S/C11H13N3OS/c1-2-3-6-16-11-12-7-8-4-5-9(15)13-10(8)14-11/h4-5,7H,2-3,6H2,1H3,(H,12,13,14,15). The van der Waals surface area contributed by atoms with Crippen molar-refractivity contribution in [2.75, 3.05) is 5.75 Å². The monoisotopic (exact) mass is 235 g/mol. The quantitative estimate of drug-likeness (QED) is 0.501. The van der Waals surface area contributed by atoms with E-state index in [4.69, 9.17) is 0 Å². The summed E-state index contributed by atoms with van der Waals surface area (Å²) in [4.78, 5) is 22.4. The van der Waals surface area contributed by atoms with Gasteiger partial charge >= 0.3 is 0 Å². The molecule has 0 saturated carbocycles. The summed E-state index contributed by atoms with van der Waals surface area (Å²) in [6.45, 7) is 2.15. The van der Waals surface area contributed by atoms with Crippen LogP contribution in [0.5, 0.6) is 0 Å². The number of hydrogen-bond donors (Lipinski definition) is 1. The number of aromatic amines is 1. The predicted octanol–water partition coefficient (Wildman–Crippen LogP) is 2.21. The minimum Gasteiger partial charge on any atom is -0.306 e. The smallest absolute Gasteiger partial charge is 0.249 e. The second-order valence-corrected chi connectivity index (χ2v) is 4.54. The minimum atomic E-state index is -0.129. The number of thioether (sulfide) groups is 1. The van der Waals surface area contributed by atoms with Crippen LogP contribution in [0, 0.1) is 0 Å². The van der Waals surface area contributed by atoms with E-state index < -0.39 is 0 Å². The average Bonchev–Trinajstić information content (AvgIpc) is 2.29. The molecule has 0 aliphatic carbocycles. The van der Waals surface area contributed by atoms with Crippen LogP contribution < -0.4 is 5.56 Å². The lowest BCUT2D eigenvalue weighted by Gasteiger charge is -2.00. The van der Waals surface area contributed by atoms with Gasteiger partial charge < -0.3 is 4.98 Å². The Morgan fingerprint density at radius 1 is 1.44 bits per heavy atom. The third kappa shape index (κ3) is 2.61. The van der Waals surface area contributed by atoms with E-state index in [0.29, 0.717) is 5.65 Å². The van der Waals surface area contributed by atoms with E-state index in [2.05, 4.69) is 21.9 Å². The van der Waals surface area contributed by atoms with Crippen molar-refractivity contribution in [1.82, 2.24) is 15.0 Å². The molecule has 2 heterocycles. The van der Waals surface area contributed by atoms with Gasteiger partial charge in [-0.25, -0.2) is 9.97 Å². The highest BCUT2D eigenvalue weighted by atomic mass is 32.2. The molecule has 4 nitrogen and oxygen atoms in total. The van der Waals surface area contributed by atoms with Crippen molar-refractivity contribution in [3.05, 3.63) is 28.7 Å². The summed E-state index contributed by atoms with van der Waals surface area (Å²) in [5, 5.41) is 1.59. The van der Waals surface area contributed by atoms with E-state index in [1.54, 1.807) is 24.0 Å². The van der Waals surface area contributed by atoms with E-state index in [0.717, 1.165) is 29.1 Å². The van der Waals surface area contributed by atoms with Gasteiger partial charge in [0.2, 0.25) is 5.56 Å². The van der Waals surface area contributed by atoms with Crippen molar-refractivity contribution in [3.8, 4) is 0 Å². The van der Waals surface area contributed by atoms with Gasteiger partial charge in [0.15, 0.2) is 5.16 Å². The fourth-order valence-electron chi connectivity index (χ4n) is 1.30. The van der Waals surface area contributed by atoms with Crippen LogP contribution in [-0.2, 0) is 0 Å². The van der Waals surface area contributed by atoms with Crippen LogP contribution >= 0.6 is 11.8 Å². The van der Waals surface area contributed by atoms with Gasteiger partial charge in [0, 0.05) is 23.4 Å². The Hall–Kier alpha value is -1.36. The second kappa shape index (κ2) is 5.12. The number of hydrogen-bond acceptors (Lipinski definition) is 4. The summed E-state index contributed by atoms with van der Waals surface area (Å²) in [6, 6.07) is 3.21. The summed E-state index contributed by atoms with van der Waals surface area (Å²) >= 11 is 1.62. The molecule has 2 rings (SSSR count). The van der Waals surface area contributed by atoms with Crippen LogP contribution in [0.2, 0.25) is 0 Å². The van der Waals surface area contributed by atoms with Crippen LogP contribution in [0.25, 0.3) is 11.0 Å². The van der Waals surface area contributed by atoms with Gasteiger partial charge in [-0.05, 0) is 12.5 Å². The summed E-state index contributed by atoms with van der Waals surface area (Å²) in [5.41, 5.74) is 0.484. The molecule has 84 valence electrons. The van der Waals surface area contributed by atoms with Gasteiger partial charge in [-0.3, -0.25) is 4.79 Å². The first-order valence-electron chi connectivity index (χ1n) is 5.28. The molecular formula is C11H13N3OS. The highest BCUT2D eigenvalue weighted by Crippen LogP contribution is 2.16. The van der Waals surface area contributed by atoms with E-state index in [9.17, 15) is 4.79 Å². The normalized spacial score (nSPS) is 10.8. The Labute approximate surface area is 97.5 Å². The van der Waals surface area contributed by atoms with Gasteiger partial charge in [-0.2, -0.15) is 0 Å². The first-order valence-corrected chi connectivity index (χ1v) is 6.27. The minimum absolute atomic E-state index is 0.129. The Morgan fingerprint density at radius 2 is 2.31 bits per heavy atom. The number of pyridine rings is 1. The van der Waals surface area contributed by atoms with E-state index in [1.165, 1.54) is 6.07 Å². The molecule has 0 atom stereocenters. The topological polar surface area (TPSA) is 58.6 Å². The molecular weight excluding hydrogens is 222 g/mol. The molecule has 2 aromatic heterocycles. The zero-order valence-corrected chi connectivity index (χ0v) is 9.88. The second-order valence-electron chi connectivity index (χ2n) is 3.48. The lowest BCUT2D eigenvalue weighted by Crippen LogP contribution is -2.04. The fraction of sp³-hybridized carbons (Fsp3) is 0.364. The maximum atomic E-state index is 11.1. The third-order valence-corrected chi connectivity index (χ3v) is 3.13. The van der Waals surface area contributed by atoms with Crippen molar-refractivity contribution in [1.29, 1.82) is 0 Å². The highest BCUT2D eigenvalue weighted by molar-refractivity contribution is 7.99. The maximum Gasteiger partial charge on any atom is 0.249 e. The molecule has 0 saturated heterocycles. The zero-order chi connectivity index (χ0) is 11.4. The molecule has 0 aliphatic rings. The largest absolute Gasteiger partial charge is 0.306 e. The number of nitrogens with zero attached hydrogens (tertiary/aromatic N) is 2. The molecule has 0 radical (unpaired) electrons. The Balaban J connectivity index is 2.25. The Bertz CT molecular complexity index is 538. The van der Waals surface area contributed by atoms with Gasteiger partial charge in [-0.15, -0.1) is 0 Å². The maximum absolute atomic E-state index is 11.1. The summed E-state index contributed by atoms with van der Waals surface area (Å²) in [5.74, 6) is 1.01. The van der Waals surface area contributed by atoms with Crippen molar-refractivity contribution in [3.63, 3.8) is 0 Å². The number of nitrogens with one attached hydrogen (secondary N) is 1. The molecule has 0 aromatic carbocycles. The number of rotatable bonds is 4. The van der Waals surface area contributed by atoms with Gasteiger partial charge in [0.05, 0.1) is 0 Å². The molecule has 16 heavy (non-hydrogen) atoms. The molecule has 0 bridgehead atoms. The molecule has 0 amide bonds. The average molecular weight is 235 g/mol. The van der Waals surface area contributed by atoms with Crippen molar-refractivity contribution >= 4 is 22.8 Å². The van der Waals surface area contributed by atoms with Crippen LogP contribution in [-0.4, -0.2) is 20.7 Å². The molecule has 0 spiro atoms. The van der Waals surface area contributed by atoms with Crippen molar-refractivity contribution in [2.45, 2.75) is 24.9 Å². The van der Waals surface area contributed by atoms with Crippen LogP contribution in [0.3, 0.4) is 0 Å². The summed E-state index contributed by atoms with van der Waals surface area (Å²) in [6.07, 6.45) is 4.06. The summed E-state index contributed by atoms with van der Waals surface area (Å²) < 4.78 is 0. The number of H-pyrrole nitrogens is 1. The van der Waals surface area contributed by atoms with Gasteiger partial charge in [-0.1, -0.05) is 25.1 Å². The fourth-order valence-corrected chi connectivity index (χ4v) is 2.20. The number of aromatic nitrogens is 3. The molecule has 0 unspecified atom stereocenters. The lowest BCUT2D eigenvalue weighted by molar-refractivity contribution is 0.889. The van der Waals surface area contributed by atoms with Crippen molar-refractivity contribution < 1.29 is 0 Å². The number of unbranched alkanes of at least 4 members (excludes halogenated alkanes) is 1. The number of fused-ring (bicyclic) bond motifs is 1. The van der Waals surface area contributed by atoms with Crippen LogP contribution in [0.15, 0.2) is 28.3 Å². The van der Waals surface area contributed by atoms with E-state index in [-0.39, 0.29) is 5.56 Å². The summed E-state index contributed by atoms with van der Waals surface area (Å²) in [7, 11) is 0. The van der Waals surface area contributed by atoms with E-state index in [1.807, 2.05) is 0 Å². The highest BCUT2D eigenvalue weighted by Gasteiger charge is 2.00. The van der Waals surface area contributed by atoms with Crippen LogP contribution in [0.1, 0.15) is 19.8 Å². The molecule has 2 aromatic rings. The first-order chi connectivity index (χ1) is 7.79. The van der Waals surface area contributed by atoms with Gasteiger partial charge in [0.1, 0.15) is 5.65 Å². The first kappa shape index (κ1) is 11.1. The SMILES string of the molecule is CCCCSc1ncc2ccc(=O)[nH]c2n1. The molecule has 0 fully saturated rings. The predicted molar refractivity (Wildman–Crippen MR) is 65.8 cm³/mol. The molecule has 5 heteroatoms.